The van der Waals surface area contributed by atoms with Crippen LogP contribution in [0, 0.1) is 0 Å². The SMILES string of the molecule is SCCCCN1CCN(c2ccccc2)CC1. The van der Waals surface area contributed by atoms with Crippen LogP contribution in [0.25, 0.3) is 0 Å². The van der Waals surface area contributed by atoms with Gasteiger partial charge in [-0.3, -0.25) is 4.90 Å². The molecule has 1 aromatic rings. The Morgan fingerprint density at radius 3 is 2.29 bits per heavy atom. The highest BCUT2D eigenvalue weighted by Crippen LogP contribution is 2.15. The van der Waals surface area contributed by atoms with Crippen LogP contribution in [0.2, 0.25) is 0 Å². The number of piperazine rings is 1. The van der Waals surface area contributed by atoms with Gasteiger partial charge >= 0.3 is 0 Å². The minimum atomic E-state index is 1.02. The molecular formula is C14H22N2S. The predicted molar refractivity (Wildman–Crippen MR) is 78.2 cm³/mol. The Kier molecular flexibility index (Phi) is 5.20. The molecule has 1 saturated heterocycles. The van der Waals surface area contributed by atoms with Gasteiger partial charge in [0, 0.05) is 31.9 Å². The Morgan fingerprint density at radius 2 is 1.65 bits per heavy atom. The fourth-order valence-electron chi connectivity index (χ4n) is 2.32. The van der Waals surface area contributed by atoms with Gasteiger partial charge in [0.2, 0.25) is 0 Å². The number of benzene rings is 1. The molecule has 1 aliphatic rings. The Morgan fingerprint density at radius 1 is 0.941 bits per heavy atom. The van der Waals surface area contributed by atoms with Crippen molar-refractivity contribution in [3.63, 3.8) is 0 Å². The third-order valence-electron chi connectivity index (χ3n) is 3.38. The zero-order valence-electron chi connectivity index (χ0n) is 10.4. The number of thiol groups is 1. The summed E-state index contributed by atoms with van der Waals surface area (Å²) in [5.74, 6) is 1.02. The molecule has 1 aromatic carbocycles. The second kappa shape index (κ2) is 6.92. The smallest absolute Gasteiger partial charge is 0.0367 e. The van der Waals surface area contributed by atoms with E-state index in [-0.39, 0.29) is 0 Å². The van der Waals surface area contributed by atoms with Gasteiger partial charge in [0.15, 0.2) is 0 Å². The van der Waals surface area contributed by atoms with Gasteiger partial charge in [-0.2, -0.15) is 12.6 Å². The van der Waals surface area contributed by atoms with Gasteiger partial charge in [0.25, 0.3) is 0 Å². The Labute approximate surface area is 110 Å². The molecule has 2 nitrogen and oxygen atoms in total. The monoisotopic (exact) mass is 250 g/mol. The van der Waals surface area contributed by atoms with Crippen molar-refractivity contribution in [2.45, 2.75) is 12.8 Å². The summed E-state index contributed by atoms with van der Waals surface area (Å²) in [5.41, 5.74) is 1.36. The lowest BCUT2D eigenvalue weighted by atomic mass is 10.2. The predicted octanol–water partition coefficient (Wildman–Crippen LogP) is 2.52. The van der Waals surface area contributed by atoms with Gasteiger partial charge in [0.1, 0.15) is 0 Å². The second-order valence-electron chi connectivity index (χ2n) is 4.59. The molecule has 0 unspecified atom stereocenters. The van der Waals surface area contributed by atoms with Crippen molar-refractivity contribution < 1.29 is 0 Å². The molecule has 0 N–H and O–H groups in total. The van der Waals surface area contributed by atoms with Gasteiger partial charge in [-0.05, 0) is 37.3 Å². The standard InChI is InChI=1S/C14H22N2S/c17-13-5-4-8-15-9-11-16(12-10-15)14-6-2-1-3-7-14/h1-3,6-7,17H,4-5,8-13H2. The molecule has 0 saturated carbocycles. The minimum Gasteiger partial charge on any atom is -0.369 e. The van der Waals surface area contributed by atoms with Crippen molar-refractivity contribution in [2.24, 2.45) is 0 Å². The van der Waals surface area contributed by atoms with Crippen LogP contribution >= 0.6 is 12.6 Å². The van der Waals surface area contributed by atoms with E-state index in [4.69, 9.17) is 0 Å². The van der Waals surface area contributed by atoms with Crippen molar-refractivity contribution in [3.05, 3.63) is 30.3 Å². The molecule has 1 aliphatic heterocycles. The zero-order valence-corrected chi connectivity index (χ0v) is 11.3. The van der Waals surface area contributed by atoms with Crippen LogP contribution in [0.4, 0.5) is 5.69 Å². The van der Waals surface area contributed by atoms with E-state index in [1.54, 1.807) is 0 Å². The molecule has 17 heavy (non-hydrogen) atoms. The highest BCUT2D eigenvalue weighted by Gasteiger charge is 2.16. The van der Waals surface area contributed by atoms with Gasteiger partial charge in [-0.15, -0.1) is 0 Å². The molecular weight excluding hydrogens is 228 g/mol. The summed E-state index contributed by atoms with van der Waals surface area (Å²) in [7, 11) is 0. The number of rotatable bonds is 5. The molecule has 0 radical (unpaired) electrons. The Hall–Kier alpha value is -0.670. The lowest BCUT2D eigenvalue weighted by Crippen LogP contribution is -2.46. The van der Waals surface area contributed by atoms with Gasteiger partial charge in [-0.25, -0.2) is 0 Å². The maximum absolute atomic E-state index is 4.25. The van der Waals surface area contributed by atoms with Gasteiger partial charge in [-0.1, -0.05) is 18.2 Å². The second-order valence-corrected chi connectivity index (χ2v) is 5.04. The van der Waals surface area contributed by atoms with E-state index in [0.717, 1.165) is 18.8 Å². The van der Waals surface area contributed by atoms with Crippen LogP contribution < -0.4 is 4.90 Å². The fourth-order valence-corrected chi connectivity index (χ4v) is 2.54. The van der Waals surface area contributed by atoms with Crippen molar-refractivity contribution in [1.29, 1.82) is 0 Å². The lowest BCUT2D eigenvalue weighted by molar-refractivity contribution is 0.254. The molecule has 0 atom stereocenters. The number of para-hydroxylation sites is 1. The quantitative estimate of drug-likeness (QED) is 0.634. The van der Waals surface area contributed by atoms with Crippen molar-refractivity contribution >= 4 is 18.3 Å². The summed E-state index contributed by atoms with van der Waals surface area (Å²) in [6.07, 6.45) is 2.52. The average molecular weight is 250 g/mol. The van der Waals surface area contributed by atoms with Crippen LogP contribution in [0.3, 0.4) is 0 Å². The average Bonchev–Trinajstić information content (AvgIpc) is 2.41. The van der Waals surface area contributed by atoms with E-state index in [1.165, 1.54) is 38.2 Å². The van der Waals surface area contributed by atoms with E-state index in [9.17, 15) is 0 Å². The molecule has 3 heteroatoms. The fraction of sp³-hybridized carbons (Fsp3) is 0.571. The first-order valence-corrected chi connectivity index (χ1v) is 7.16. The molecule has 2 rings (SSSR count). The summed E-state index contributed by atoms with van der Waals surface area (Å²) >= 11 is 4.25. The first-order valence-electron chi connectivity index (χ1n) is 6.53. The van der Waals surface area contributed by atoms with E-state index >= 15 is 0 Å². The zero-order chi connectivity index (χ0) is 11.9. The van der Waals surface area contributed by atoms with Crippen molar-refractivity contribution in [2.75, 3.05) is 43.4 Å². The number of hydrogen-bond donors (Lipinski definition) is 1. The molecule has 1 heterocycles. The largest absolute Gasteiger partial charge is 0.369 e. The van der Waals surface area contributed by atoms with Crippen LogP contribution in [0.5, 0.6) is 0 Å². The third kappa shape index (κ3) is 3.93. The van der Waals surface area contributed by atoms with Crippen molar-refractivity contribution in [3.8, 4) is 0 Å². The third-order valence-corrected chi connectivity index (χ3v) is 3.69. The molecule has 0 aliphatic carbocycles. The number of hydrogen-bond acceptors (Lipinski definition) is 3. The lowest BCUT2D eigenvalue weighted by Gasteiger charge is -2.36. The summed E-state index contributed by atoms with van der Waals surface area (Å²) in [6.45, 7) is 5.95. The summed E-state index contributed by atoms with van der Waals surface area (Å²) in [6, 6.07) is 10.7. The first-order chi connectivity index (χ1) is 8.40. The van der Waals surface area contributed by atoms with Gasteiger partial charge in [0.05, 0.1) is 0 Å². The number of unbranched alkanes of at least 4 members (excludes halogenated alkanes) is 1. The maximum Gasteiger partial charge on any atom is 0.0367 e. The molecule has 94 valence electrons. The van der Waals surface area contributed by atoms with Crippen LogP contribution in [0.1, 0.15) is 12.8 Å². The molecule has 1 fully saturated rings. The van der Waals surface area contributed by atoms with Gasteiger partial charge < -0.3 is 4.90 Å². The van der Waals surface area contributed by atoms with Crippen LogP contribution in [-0.4, -0.2) is 43.4 Å². The van der Waals surface area contributed by atoms with Crippen LogP contribution in [0.15, 0.2) is 30.3 Å². The topological polar surface area (TPSA) is 6.48 Å². The highest BCUT2D eigenvalue weighted by molar-refractivity contribution is 7.80. The normalized spacial score (nSPS) is 17.4. The molecule has 0 spiro atoms. The number of anilines is 1. The molecule has 0 amide bonds. The Bertz CT molecular complexity index is 307. The van der Waals surface area contributed by atoms with E-state index in [0.29, 0.717) is 0 Å². The molecule has 0 aromatic heterocycles. The van der Waals surface area contributed by atoms with E-state index in [1.807, 2.05) is 0 Å². The van der Waals surface area contributed by atoms with Crippen molar-refractivity contribution in [1.82, 2.24) is 4.90 Å². The van der Waals surface area contributed by atoms with Crippen LogP contribution in [-0.2, 0) is 0 Å². The minimum absolute atomic E-state index is 1.02. The van der Waals surface area contributed by atoms with E-state index < -0.39 is 0 Å². The number of nitrogens with zero attached hydrogens (tertiary/aromatic N) is 2. The molecule has 0 bridgehead atoms. The summed E-state index contributed by atoms with van der Waals surface area (Å²) in [5, 5.41) is 0. The summed E-state index contributed by atoms with van der Waals surface area (Å²) < 4.78 is 0. The first kappa shape index (κ1) is 12.8. The maximum atomic E-state index is 4.25. The summed E-state index contributed by atoms with van der Waals surface area (Å²) in [4.78, 5) is 5.05. The van der Waals surface area contributed by atoms with E-state index in [2.05, 4.69) is 52.8 Å². The Balaban J connectivity index is 1.74. The highest BCUT2D eigenvalue weighted by atomic mass is 32.1.